The second kappa shape index (κ2) is 5.30. The van der Waals surface area contributed by atoms with Gasteiger partial charge in [-0.3, -0.25) is 0 Å². The molecule has 0 N–H and O–H groups in total. The maximum Gasteiger partial charge on any atom is 0.422 e. The summed E-state index contributed by atoms with van der Waals surface area (Å²) >= 11 is 0. The molecule has 118 valence electrons. The second-order valence-corrected chi connectivity index (χ2v) is 5.83. The molecule has 0 aliphatic heterocycles. The number of hydrogen-bond donors (Lipinski definition) is 0. The fourth-order valence-corrected chi connectivity index (χ4v) is 1.84. The molecule has 0 radical (unpaired) electrons. The van der Waals surface area contributed by atoms with Gasteiger partial charge < -0.3 is 0 Å². The van der Waals surface area contributed by atoms with Crippen molar-refractivity contribution in [1.29, 1.82) is 0 Å². The van der Waals surface area contributed by atoms with Gasteiger partial charge >= 0.3 is 6.18 Å². The first-order valence-electron chi connectivity index (χ1n) is 6.40. The van der Waals surface area contributed by atoms with Gasteiger partial charge in [0.05, 0.1) is 5.56 Å². The van der Waals surface area contributed by atoms with Crippen LogP contribution in [0.5, 0.6) is 0 Å². The highest BCUT2D eigenvalue weighted by Gasteiger charge is 2.39. The molecule has 0 spiro atoms. The fraction of sp³-hybridized carbons (Fsp3) is 0.333. The van der Waals surface area contributed by atoms with Gasteiger partial charge in [-0.1, -0.05) is 20.8 Å². The monoisotopic (exact) mass is 316 g/mol. The van der Waals surface area contributed by atoms with Gasteiger partial charge in [0.2, 0.25) is 0 Å². The highest BCUT2D eigenvalue weighted by molar-refractivity contribution is 5.58. The minimum Gasteiger partial charge on any atom is -0.236 e. The van der Waals surface area contributed by atoms with E-state index in [1.165, 1.54) is 12.4 Å². The third-order valence-electron chi connectivity index (χ3n) is 3.13. The summed E-state index contributed by atoms with van der Waals surface area (Å²) in [6.07, 6.45) is -2.30. The molecule has 0 unspecified atom stereocenters. The second-order valence-electron chi connectivity index (χ2n) is 5.83. The Morgan fingerprint density at radius 1 is 0.909 bits per heavy atom. The highest BCUT2D eigenvalue weighted by Crippen LogP contribution is 2.36. The van der Waals surface area contributed by atoms with E-state index in [0.717, 1.165) is 11.6 Å². The quantitative estimate of drug-likeness (QED) is 0.710. The van der Waals surface area contributed by atoms with Gasteiger partial charge in [-0.2, -0.15) is 13.2 Å². The maximum atomic E-state index is 14.0. The van der Waals surface area contributed by atoms with Crippen LogP contribution in [0.2, 0.25) is 0 Å². The minimum absolute atomic E-state index is 0.226. The molecule has 0 aliphatic rings. The number of aromatic nitrogens is 2. The van der Waals surface area contributed by atoms with Crippen molar-refractivity contribution in [1.82, 2.24) is 9.97 Å². The molecule has 0 fully saturated rings. The Morgan fingerprint density at radius 2 is 1.45 bits per heavy atom. The van der Waals surface area contributed by atoms with Crippen LogP contribution >= 0.6 is 0 Å². The summed E-state index contributed by atoms with van der Waals surface area (Å²) in [6.45, 7) is 5.73. The Morgan fingerprint density at radius 3 is 1.91 bits per heavy atom. The lowest BCUT2D eigenvalue weighted by atomic mass is 9.89. The van der Waals surface area contributed by atoms with Gasteiger partial charge in [0, 0.05) is 12.4 Å². The number of nitrogens with zero attached hydrogens (tertiary/aromatic N) is 2. The average Bonchev–Trinajstić information content (AvgIpc) is 2.36. The fourth-order valence-electron chi connectivity index (χ4n) is 1.84. The molecule has 0 bridgehead atoms. The summed E-state index contributed by atoms with van der Waals surface area (Å²) in [4.78, 5) is 7.78. The molecular formula is C15H13F5N2. The van der Waals surface area contributed by atoms with Crippen molar-refractivity contribution in [2.75, 3.05) is 0 Å². The summed E-state index contributed by atoms with van der Waals surface area (Å²) in [6, 6.07) is 1.45. The van der Waals surface area contributed by atoms with Gasteiger partial charge in [0.25, 0.3) is 0 Å². The lowest BCUT2D eigenvalue weighted by Gasteiger charge is -2.18. The Hall–Kier alpha value is -2.05. The van der Waals surface area contributed by atoms with Gasteiger partial charge in [-0.25, -0.2) is 18.7 Å². The summed E-state index contributed by atoms with van der Waals surface area (Å²) in [5.41, 5.74) is -1.94. The van der Waals surface area contributed by atoms with Crippen LogP contribution in [0, 0.1) is 11.6 Å². The molecule has 2 nitrogen and oxygen atoms in total. The summed E-state index contributed by atoms with van der Waals surface area (Å²) in [7, 11) is 0. The normalized spacial score (nSPS) is 12.5. The lowest BCUT2D eigenvalue weighted by molar-refractivity contribution is -0.142. The first-order chi connectivity index (χ1) is 10.0. The van der Waals surface area contributed by atoms with E-state index in [2.05, 4.69) is 9.97 Å². The van der Waals surface area contributed by atoms with E-state index in [9.17, 15) is 22.0 Å². The lowest BCUT2D eigenvalue weighted by Crippen LogP contribution is -2.14. The summed E-state index contributed by atoms with van der Waals surface area (Å²) < 4.78 is 65.4. The molecule has 0 amide bonds. The number of alkyl halides is 3. The van der Waals surface area contributed by atoms with Crippen LogP contribution in [0.4, 0.5) is 22.0 Å². The zero-order valence-electron chi connectivity index (χ0n) is 12.1. The largest absolute Gasteiger partial charge is 0.422 e. The van der Waals surface area contributed by atoms with Crippen molar-refractivity contribution >= 4 is 0 Å². The molecular weight excluding hydrogens is 303 g/mol. The predicted octanol–water partition coefficient (Wildman–Crippen LogP) is 4.74. The van der Waals surface area contributed by atoms with Crippen molar-refractivity contribution in [3.8, 4) is 11.4 Å². The maximum absolute atomic E-state index is 14.0. The Balaban J connectivity index is 2.55. The Kier molecular flexibility index (Phi) is 3.93. The summed E-state index contributed by atoms with van der Waals surface area (Å²) in [5, 5.41) is 0. The number of benzene rings is 1. The standard InChI is InChI=1S/C15H13F5N2/c1-14(2,3)8-6-21-13(22-7-8)9-4-5-10(16)11(12(9)17)15(18,19)20/h4-7H,1-3H3. The molecule has 7 heteroatoms. The van der Waals surface area contributed by atoms with Crippen LogP contribution in [0.25, 0.3) is 11.4 Å². The molecule has 0 saturated heterocycles. The van der Waals surface area contributed by atoms with E-state index in [1.807, 2.05) is 20.8 Å². The highest BCUT2D eigenvalue weighted by atomic mass is 19.4. The first-order valence-corrected chi connectivity index (χ1v) is 6.40. The van der Waals surface area contributed by atoms with Crippen LogP contribution in [0.1, 0.15) is 31.9 Å². The molecule has 1 aromatic heterocycles. The zero-order chi connectivity index (χ0) is 16.7. The average molecular weight is 316 g/mol. The third kappa shape index (κ3) is 3.08. The summed E-state index contributed by atoms with van der Waals surface area (Å²) in [5.74, 6) is -3.60. The van der Waals surface area contributed by atoms with Gasteiger partial charge in [0.1, 0.15) is 17.2 Å². The van der Waals surface area contributed by atoms with Crippen molar-refractivity contribution in [2.24, 2.45) is 0 Å². The van der Waals surface area contributed by atoms with E-state index in [0.29, 0.717) is 6.07 Å². The predicted molar refractivity (Wildman–Crippen MR) is 71.1 cm³/mol. The van der Waals surface area contributed by atoms with E-state index in [-0.39, 0.29) is 11.2 Å². The molecule has 2 rings (SSSR count). The Labute approximate surface area is 124 Å². The van der Waals surface area contributed by atoms with Crippen LogP contribution in [-0.2, 0) is 11.6 Å². The van der Waals surface area contributed by atoms with E-state index in [1.54, 1.807) is 0 Å². The molecule has 0 aliphatic carbocycles. The van der Waals surface area contributed by atoms with Gasteiger partial charge in [0.15, 0.2) is 5.82 Å². The molecule has 22 heavy (non-hydrogen) atoms. The minimum atomic E-state index is -5.13. The van der Waals surface area contributed by atoms with E-state index < -0.39 is 28.9 Å². The molecule has 1 heterocycles. The first kappa shape index (κ1) is 16.3. The van der Waals surface area contributed by atoms with Crippen LogP contribution in [-0.4, -0.2) is 9.97 Å². The molecule has 1 aromatic carbocycles. The van der Waals surface area contributed by atoms with Crippen LogP contribution < -0.4 is 0 Å². The third-order valence-corrected chi connectivity index (χ3v) is 3.13. The topological polar surface area (TPSA) is 25.8 Å². The van der Waals surface area contributed by atoms with Crippen LogP contribution in [0.3, 0.4) is 0 Å². The molecule has 0 atom stereocenters. The van der Waals surface area contributed by atoms with Crippen LogP contribution in [0.15, 0.2) is 24.5 Å². The molecule has 2 aromatic rings. The SMILES string of the molecule is CC(C)(C)c1cnc(-c2ccc(F)c(C(F)(F)F)c2F)nc1. The van der Waals surface area contributed by atoms with Crippen molar-refractivity contribution in [3.05, 3.63) is 47.3 Å². The van der Waals surface area contributed by atoms with Crippen molar-refractivity contribution in [2.45, 2.75) is 32.4 Å². The van der Waals surface area contributed by atoms with Gasteiger partial charge in [-0.05, 0) is 23.1 Å². The Bertz CT molecular complexity index is 685. The number of hydrogen-bond acceptors (Lipinski definition) is 2. The number of halogens is 5. The van der Waals surface area contributed by atoms with E-state index in [4.69, 9.17) is 0 Å². The number of rotatable bonds is 1. The molecule has 0 saturated carbocycles. The van der Waals surface area contributed by atoms with Crippen molar-refractivity contribution < 1.29 is 22.0 Å². The van der Waals surface area contributed by atoms with Crippen molar-refractivity contribution in [3.63, 3.8) is 0 Å². The van der Waals surface area contributed by atoms with E-state index >= 15 is 0 Å². The smallest absolute Gasteiger partial charge is 0.236 e. The van der Waals surface area contributed by atoms with Gasteiger partial charge in [-0.15, -0.1) is 0 Å². The zero-order valence-corrected chi connectivity index (χ0v) is 12.1.